The van der Waals surface area contributed by atoms with E-state index < -0.39 is 4.92 Å². The molecule has 10 heteroatoms. The molecule has 10 nitrogen and oxygen atoms in total. The van der Waals surface area contributed by atoms with Crippen LogP contribution in [0.4, 0.5) is 5.69 Å². The highest BCUT2D eigenvalue weighted by Gasteiger charge is 2.33. The number of carbonyl (C=O) groups is 3. The molecule has 2 fully saturated rings. The number of carbonyl (C=O) groups excluding carboxylic acids is 3. The number of hydrogen-bond acceptors (Lipinski definition) is 6. The Bertz CT molecular complexity index is 1150. The lowest BCUT2D eigenvalue weighted by Gasteiger charge is -2.36. The largest absolute Gasteiger partial charge is 0.497 e. The lowest BCUT2D eigenvalue weighted by atomic mass is 9.88. The molecule has 1 aliphatic heterocycles. The summed E-state index contributed by atoms with van der Waals surface area (Å²) in [5, 5.41) is 17.3. The van der Waals surface area contributed by atoms with Crippen LogP contribution < -0.4 is 15.4 Å². The molecule has 3 atom stereocenters. The van der Waals surface area contributed by atoms with Gasteiger partial charge in [0, 0.05) is 48.4 Å². The van der Waals surface area contributed by atoms with Crippen molar-refractivity contribution in [1.82, 2.24) is 15.5 Å². The van der Waals surface area contributed by atoms with Gasteiger partial charge in [-0.15, -0.1) is 0 Å². The van der Waals surface area contributed by atoms with E-state index in [0.29, 0.717) is 30.7 Å². The van der Waals surface area contributed by atoms with E-state index in [1.807, 2.05) is 0 Å². The van der Waals surface area contributed by atoms with E-state index in [1.165, 1.54) is 18.2 Å². The van der Waals surface area contributed by atoms with Crippen molar-refractivity contribution in [3.63, 3.8) is 0 Å². The third-order valence-electron chi connectivity index (χ3n) is 7.15. The van der Waals surface area contributed by atoms with Crippen LogP contribution in [0.1, 0.15) is 59.2 Å². The van der Waals surface area contributed by atoms with Gasteiger partial charge in [-0.25, -0.2) is 0 Å². The van der Waals surface area contributed by atoms with E-state index >= 15 is 0 Å². The third kappa shape index (κ3) is 6.44. The molecule has 1 heterocycles. The standard InChI is InChI=1S/C27H32N4O6/c1-37-22-13-11-18(12-14-22)25(32)28-23-9-2-3-10-24(23)29-26(33)20-7-5-15-30(17-20)27(34)19-6-4-8-21(16-19)31(35)36/h4,6,8,11-14,16,20,23-24H,2-3,5,7,9-10,15,17H2,1H3,(H,28,32)(H,29,33)/t20-,23+,24+/m0/s1. The first kappa shape index (κ1) is 26.1. The summed E-state index contributed by atoms with van der Waals surface area (Å²) in [6, 6.07) is 12.2. The SMILES string of the molecule is COc1ccc(C(=O)N[C@@H]2CCCC[C@H]2NC(=O)[C@H]2CCCN(C(=O)c3cccc([N+](=O)[O-])c3)C2)cc1. The molecule has 0 unspecified atom stereocenters. The van der Waals surface area contributed by atoms with Crippen LogP contribution in [0.3, 0.4) is 0 Å². The molecule has 0 radical (unpaired) electrons. The molecule has 37 heavy (non-hydrogen) atoms. The maximum atomic E-state index is 13.2. The minimum atomic E-state index is -0.531. The predicted octanol–water partition coefficient (Wildman–Crippen LogP) is 3.31. The van der Waals surface area contributed by atoms with Crippen LogP contribution in [0.5, 0.6) is 5.75 Å². The van der Waals surface area contributed by atoms with Crippen molar-refractivity contribution in [2.75, 3.05) is 20.2 Å². The number of nitro benzene ring substituents is 1. The Morgan fingerprint density at radius 3 is 2.32 bits per heavy atom. The number of rotatable bonds is 7. The van der Waals surface area contributed by atoms with Gasteiger partial charge in [0.05, 0.1) is 18.0 Å². The Balaban J connectivity index is 1.37. The minimum Gasteiger partial charge on any atom is -0.497 e. The first-order valence-electron chi connectivity index (χ1n) is 12.6. The fourth-order valence-corrected chi connectivity index (χ4v) is 5.08. The lowest BCUT2D eigenvalue weighted by Crippen LogP contribution is -2.55. The van der Waals surface area contributed by atoms with Gasteiger partial charge in [0.2, 0.25) is 5.91 Å². The van der Waals surface area contributed by atoms with E-state index in [4.69, 9.17) is 4.74 Å². The van der Waals surface area contributed by atoms with Crippen molar-refractivity contribution in [2.24, 2.45) is 5.92 Å². The molecule has 2 aliphatic rings. The number of likely N-dealkylation sites (tertiary alicyclic amines) is 1. The number of methoxy groups -OCH3 is 1. The topological polar surface area (TPSA) is 131 Å². The van der Waals surface area contributed by atoms with Crippen LogP contribution in [-0.2, 0) is 4.79 Å². The first-order valence-corrected chi connectivity index (χ1v) is 12.6. The Morgan fingerprint density at radius 2 is 1.65 bits per heavy atom. The summed E-state index contributed by atoms with van der Waals surface area (Å²) in [5.41, 5.74) is 0.625. The van der Waals surface area contributed by atoms with Gasteiger partial charge in [-0.2, -0.15) is 0 Å². The number of nitrogens with one attached hydrogen (secondary N) is 2. The minimum absolute atomic E-state index is 0.132. The van der Waals surface area contributed by atoms with Gasteiger partial charge >= 0.3 is 0 Å². The van der Waals surface area contributed by atoms with Crippen molar-refractivity contribution in [3.05, 3.63) is 69.8 Å². The molecule has 3 amide bonds. The zero-order chi connectivity index (χ0) is 26.4. The molecule has 4 rings (SSSR count). The van der Waals surface area contributed by atoms with E-state index in [2.05, 4.69) is 10.6 Å². The molecular formula is C27H32N4O6. The van der Waals surface area contributed by atoms with Gasteiger partial charge in [0.25, 0.3) is 17.5 Å². The number of non-ortho nitro benzene ring substituents is 1. The molecular weight excluding hydrogens is 476 g/mol. The van der Waals surface area contributed by atoms with Crippen LogP contribution in [0, 0.1) is 16.0 Å². The molecule has 0 spiro atoms. The summed E-state index contributed by atoms with van der Waals surface area (Å²) in [6.07, 6.45) is 4.79. The maximum Gasteiger partial charge on any atom is 0.270 e. The fraction of sp³-hybridized carbons (Fsp3) is 0.444. The molecule has 1 saturated heterocycles. The molecule has 2 aromatic rings. The van der Waals surface area contributed by atoms with Gasteiger partial charge < -0.3 is 20.3 Å². The van der Waals surface area contributed by atoms with E-state index in [9.17, 15) is 24.5 Å². The summed E-state index contributed by atoms with van der Waals surface area (Å²) in [7, 11) is 1.57. The van der Waals surface area contributed by atoms with E-state index in [-0.39, 0.29) is 53.5 Å². The predicted molar refractivity (Wildman–Crippen MR) is 136 cm³/mol. The normalized spacial score (nSPS) is 21.5. The number of benzene rings is 2. The van der Waals surface area contributed by atoms with Gasteiger partial charge in [0.1, 0.15) is 5.75 Å². The highest BCUT2D eigenvalue weighted by molar-refractivity contribution is 5.95. The second-order valence-electron chi connectivity index (χ2n) is 9.61. The van der Waals surface area contributed by atoms with Crippen LogP contribution in [-0.4, -0.2) is 59.8 Å². The molecule has 0 aromatic heterocycles. The van der Waals surface area contributed by atoms with Crippen molar-refractivity contribution in [3.8, 4) is 5.75 Å². The summed E-state index contributed by atoms with van der Waals surface area (Å²) in [4.78, 5) is 51.2. The Labute approximate surface area is 215 Å². The van der Waals surface area contributed by atoms with Crippen LogP contribution in [0.25, 0.3) is 0 Å². The average Bonchev–Trinajstić information content (AvgIpc) is 2.93. The van der Waals surface area contributed by atoms with Crippen molar-refractivity contribution in [2.45, 2.75) is 50.6 Å². The Hall–Kier alpha value is -3.95. The Morgan fingerprint density at radius 1 is 0.946 bits per heavy atom. The summed E-state index contributed by atoms with van der Waals surface area (Å²) >= 11 is 0. The number of ether oxygens (including phenoxy) is 1. The second-order valence-corrected chi connectivity index (χ2v) is 9.61. The number of nitro groups is 1. The number of piperidine rings is 1. The third-order valence-corrected chi connectivity index (χ3v) is 7.15. The molecule has 1 aliphatic carbocycles. The fourth-order valence-electron chi connectivity index (χ4n) is 5.08. The van der Waals surface area contributed by atoms with E-state index in [0.717, 1.165) is 25.7 Å². The zero-order valence-corrected chi connectivity index (χ0v) is 20.9. The molecule has 1 saturated carbocycles. The molecule has 2 N–H and O–H groups in total. The van der Waals surface area contributed by atoms with Crippen LogP contribution in [0.2, 0.25) is 0 Å². The lowest BCUT2D eigenvalue weighted by molar-refractivity contribution is -0.384. The van der Waals surface area contributed by atoms with Gasteiger partial charge in [-0.1, -0.05) is 18.9 Å². The average molecular weight is 509 g/mol. The monoisotopic (exact) mass is 508 g/mol. The van der Waals surface area contributed by atoms with Crippen molar-refractivity contribution >= 4 is 23.4 Å². The van der Waals surface area contributed by atoms with Crippen LogP contribution >= 0.6 is 0 Å². The smallest absolute Gasteiger partial charge is 0.270 e. The van der Waals surface area contributed by atoms with E-state index in [1.54, 1.807) is 42.3 Å². The molecule has 2 aromatic carbocycles. The Kier molecular flexibility index (Phi) is 8.37. The van der Waals surface area contributed by atoms with Crippen LogP contribution in [0.15, 0.2) is 48.5 Å². The highest BCUT2D eigenvalue weighted by atomic mass is 16.6. The maximum absolute atomic E-state index is 13.2. The molecule has 0 bridgehead atoms. The second kappa shape index (κ2) is 11.9. The quantitative estimate of drug-likeness (QED) is 0.436. The summed E-state index contributed by atoms with van der Waals surface area (Å²) in [5.74, 6) is -0.350. The highest BCUT2D eigenvalue weighted by Crippen LogP contribution is 2.24. The van der Waals surface area contributed by atoms with Crippen molar-refractivity contribution in [1.29, 1.82) is 0 Å². The molecule has 196 valence electrons. The zero-order valence-electron chi connectivity index (χ0n) is 20.9. The number of hydrogen-bond donors (Lipinski definition) is 2. The summed E-state index contributed by atoms with van der Waals surface area (Å²) in [6.45, 7) is 0.748. The van der Waals surface area contributed by atoms with Gasteiger partial charge in [-0.05, 0) is 56.0 Å². The summed E-state index contributed by atoms with van der Waals surface area (Å²) < 4.78 is 5.15. The number of amides is 3. The van der Waals surface area contributed by atoms with Gasteiger partial charge in [0.15, 0.2) is 0 Å². The van der Waals surface area contributed by atoms with Gasteiger partial charge in [-0.3, -0.25) is 24.5 Å². The first-order chi connectivity index (χ1) is 17.9. The number of nitrogens with zero attached hydrogens (tertiary/aromatic N) is 2. The van der Waals surface area contributed by atoms with Crippen molar-refractivity contribution < 1.29 is 24.0 Å².